The lowest BCUT2D eigenvalue weighted by atomic mass is 9.83. The largest absolute Gasteiger partial charge is 0.439 e. The Morgan fingerprint density at radius 1 is 0.900 bits per heavy atom. The molecular weight excluding hydrogens is 374 g/mol. The minimum atomic E-state index is -0.605. The van der Waals surface area contributed by atoms with Crippen LogP contribution in [-0.2, 0) is 0 Å². The Morgan fingerprint density at radius 2 is 1.53 bits per heavy atom. The average Bonchev–Trinajstić information content (AvgIpc) is 2.79. The van der Waals surface area contributed by atoms with Gasteiger partial charge in [0.05, 0.1) is 17.0 Å². The first kappa shape index (κ1) is 17.8. The summed E-state index contributed by atoms with van der Waals surface area (Å²) in [7, 11) is 0. The van der Waals surface area contributed by atoms with Crippen LogP contribution in [0.15, 0.2) is 101 Å². The number of nitriles is 1. The minimum absolute atomic E-state index is 0.0286. The number of allylic oxidation sites excluding steroid dienone is 1. The Kier molecular flexibility index (Phi) is 4.11. The highest BCUT2D eigenvalue weighted by atomic mass is 16.5. The fourth-order valence-corrected chi connectivity index (χ4v) is 4.08. The van der Waals surface area contributed by atoms with Crippen molar-refractivity contribution in [1.82, 2.24) is 4.57 Å². The van der Waals surface area contributed by atoms with Gasteiger partial charge < -0.3 is 10.5 Å². The van der Waals surface area contributed by atoms with Gasteiger partial charge in [0, 0.05) is 11.1 Å². The predicted octanol–water partition coefficient (Wildman–Crippen LogP) is 4.21. The molecule has 0 amide bonds. The van der Waals surface area contributed by atoms with Gasteiger partial charge in [0.15, 0.2) is 0 Å². The number of para-hydroxylation sites is 2. The molecule has 0 fully saturated rings. The quantitative estimate of drug-likeness (QED) is 0.555. The molecule has 5 nitrogen and oxygen atoms in total. The van der Waals surface area contributed by atoms with E-state index in [0.29, 0.717) is 16.8 Å². The molecule has 1 atom stereocenters. The lowest BCUT2D eigenvalue weighted by molar-refractivity contribution is 0.396. The van der Waals surface area contributed by atoms with Gasteiger partial charge in [0.1, 0.15) is 17.4 Å². The molecule has 0 spiro atoms. The van der Waals surface area contributed by atoms with Gasteiger partial charge in [-0.15, -0.1) is 0 Å². The standard InChI is InChI=1S/C25H17N3O2/c26-15-19-21(16-9-3-1-4-10-16)22-23(30-24(19)27)18-13-7-8-14-20(18)28(25(22)29)17-11-5-2-6-12-17/h1-14,21H,27H2. The van der Waals surface area contributed by atoms with E-state index in [-0.39, 0.29) is 17.0 Å². The first-order valence-corrected chi connectivity index (χ1v) is 9.56. The van der Waals surface area contributed by atoms with Gasteiger partial charge in [0.2, 0.25) is 5.88 Å². The molecule has 0 bridgehead atoms. The number of pyridine rings is 1. The third-order valence-corrected chi connectivity index (χ3v) is 5.39. The molecule has 0 aliphatic carbocycles. The van der Waals surface area contributed by atoms with Crippen LogP contribution in [0, 0.1) is 11.3 Å². The van der Waals surface area contributed by atoms with Crippen molar-refractivity contribution in [3.05, 3.63) is 118 Å². The van der Waals surface area contributed by atoms with E-state index in [0.717, 1.165) is 16.6 Å². The number of rotatable bonds is 2. The number of nitrogens with zero attached hydrogens (tertiary/aromatic N) is 2. The average molecular weight is 391 g/mol. The van der Waals surface area contributed by atoms with Crippen LogP contribution < -0.4 is 16.0 Å². The molecule has 1 aliphatic heterocycles. The normalized spacial score (nSPS) is 15.4. The van der Waals surface area contributed by atoms with E-state index < -0.39 is 5.92 Å². The van der Waals surface area contributed by atoms with Gasteiger partial charge in [-0.1, -0.05) is 60.7 Å². The fraction of sp³-hybridized carbons (Fsp3) is 0.0400. The zero-order valence-electron chi connectivity index (χ0n) is 15.9. The van der Waals surface area contributed by atoms with Gasteiger partial charge in [-0.05, 0) is 29.8 Å². The number of ether oxygens (including phenoxy) is 1. The maximum Gasteiger partial charge on any atom is 0.263 e. The number of hydrogen-bond acceptors (Lipinski definition) is 4. The van der Waals surface area contributed by atoms with Crippen molar-refractivity contribution in [2.45, 2.75) is 5.92 Å². The molecule has 3 aromatic carbocycles. The number of benzene rings is 3. The van der Waals surface area contributed by atoms with Gasteiger partial charge in [0.25, 0.3) is 5.56 Å². The monoisotopic (exact) mass is 391 g/mol. The van der Waals surface area contributed by atoms with Crippen LogP contribution in [0.3, 0.4) is 0 Å². The summed E-state index contributed by atoms with van der Waals surface area (Å²) in [6.07, 6.45) is 0. The third kappa shape index (κ3) is 2.59. The van der Waals surface area contributed by atoms with Crippen LogP contribution in [0.25, 0.3) is 16.6 Å². The highest BCUT2D eigenvalue weighted by molar-refractivity contribution is 5.89. The topological polar surface area (TPSA) is 81.0 Å². The molecule has 5 rings (SSSR count). The Labute approximate surface area is 172 Å². The summed E-state index contributed by atoms with van der Waals surface area (Å²) < 4.78 is 7.56. The Hall–Kier alpha value is -4.30. The van der Waals surface area contributed by atoms with Crippen LogP contribution >= 0.6 is 0 Å². The lowest BCUT2D eigenvalue weighted by Gasteiger charge is -2.28. The number of aromatic nitrogens is 1. The van der Waals surface area contributed by atoms with Crippen LogP contribution in [-0.4, -0.2) is 4.57 Å². The summed E-state index contributed by atoms with van der Waals surface area (Å²) in [4.78, 5) is 13.9. The van der Waals surface area contributed by atoms with Crippen LogP contribution in [0.5, 0.6) is 5.75 Å². The molecular formula is C25H17N3O2. The number of fused-ring (bicyclic) bond motifs is 3. The molecule has 144 valence electrons. The molecule has 2 N–H and O–H groups in total. The molecule has 2 heterocycles. The second kappa shape index (κ2) is 6.94. The highest BCUT2D eigenvalue weighted by Gasteiger charge is 2.35. The lowest BCUT2D eigenvalue weighted by Crippen LogP contribution is -2.31. The van der Waals surface area contributed by atoms with Crippen molar-refractivity contribution in [2.24, 2.45) is 5.73 Å². The van der Waals surface area contributed by atoms with E-state index in [4.69, 9.17) is 10.5 Å². The van der Waals surface area contributed by atoms with E-state index in [2.05, 4.69) is 6.07 Å². The third-order valence-electron chi connectivity index (χ3n) is 5.39. The molecule has 0 saturated carbocycles. The minimum Gasteiger partial charge on any atom is -0.439 e. The van der Waals surface area contributed by atoms with Crippen LogP contribution in [0.4, 0.5) is 0 Å². The zero-order chi connectivity index (χ0) is 20.7. The molecule has 30 heavy (non-hydrogen) atoms. The first-order chi connectivity index (χ1) is 14.7. The van der Waals surface area contributed by atoms with Crippen molar-refractivity contribution < 1.29 is 4.74 Å². The van der Waals surface area contributed by atoms with E-state index in [1.54, 1.807) is 4.57 Å². The van der Waals surface area contributed by atoms with Gasteiger partial charge in [-0.3, -0.25) is 9.36 Å². The van der Waals surface area contributed by atoms with Crippen molar-refractivity contribution in [1.29, 1.82) is 5.26 Å². The van der Waals surface area contributed by atoms with Crippen molar-refractivity contribution >= 4 is 10.9 Å². The van der Waals surface area contributed by atoms with E-state index >= 15 is 0 Å². The zero-order valence-corrected chi connectivity index (χ0v) is 15.9. The molecule has 0 saturated heterocycles. The number of hydrogen-bond donors (Lipinski definition) is 1. The second-order valence-electron chi connectivity index (χ2n) is 7.07. The van der Waals surface area contributed by atoms with Gasteiger partial charge in [-0.2, -0.15) is 5.26 Å². The molecule has 1 aromatic heterocycles. The number of nitrogens with two attached hydrogens (primary N) is 1. The van der Waals surface area contributed by atoms with Crippen molar-refractivity contribution in [2.75, 3.05) is 0 Å². The molecule has 1 unspecified atom stereocenters. The molecule has 4 aromatic rings. The van der Waals surface area contributed by atoms with Crippen molar-refractivity contribution in [3.8, 4) is 17.5 Å². The summed E-state index contributed by atoms with van der Waals surface area (Å²) in [6, 6.07) is 28.6. The van der Waals surface area contributed by atoms with Gasteiger partial charge >= 0.3 is 0 Å². The maximum absolute atomic E-state index is 13.9. The Balaban J connectivity index is 1.94. The summed E-state index contributed by atoms with van der Waals surface area (Å²) in [5.74, 6) is -0.166. The van der Waals surface area contributed by atoms with E-state index in [1.807, 2.05) is 84.9 Å². The van der Waals surface area contributed by atoms with Gasteiger partial charge in [-0.25, -0.2) is 0 Å². The van der Waals surface area contributed by atoms with Crippen LogP contribution in [0.1, 0.15) is 17.0 Å². The maximum atomic E-state index is 13.9. The predicted molar refractivity (Wildman–Crippen MR) is 115 cm³/mol. The summed E-state index contributed by atoms with van der Waals surface area (Å²) in [6.45, 7) is 0. The summed E-state index contributed by atoms with van der Waals surface area (Å²) in [5.41, 5.74) is 8.84. The SMILES string of the molecule is N#CC1=C(N)Oc2c(c(=O)n(-c3ccccc3)c3ccccc23)C1c1ccccc1. The highest BCUT2D eigenvalue weighted by Crippen LogP contribution is 2.43. The first-order valence-electron chi connectivity index (χ1n) is 9.56. The fourth-order valence-electron chi connectivity index (χ4n) is 4.08. The van der Waals surface area contributed by atoms with E-state index in [1.165, 1.54) is 0 Å². The summed E-state index contributed by atoms with van der Waals surface area (Å²) >= 11 is 0. The molecule has 5 heteroatoms. The smallest absolute Gasteiger partial charge is 0.263 e. The second-order valence-corrected chi connectivity index (χ2v) is 7.07. The molecule has 1 aliphatic rings. The van der Waals surface area contributed by atoms with E-state index in [9.17, 15) is 10.1 Å². The Bertz CT molecular complexity index is 1400. The van der Waals surface area contributed by atoms with Crippen molar-refractivity contribution in [3.63, 3.8) is 0 Å². The van der Waals surface area contributed by atoms with Crippen LogP contribution in [0.2, 0.25) is 0 Å². The molecule has 0 radical (unpaired) electrons. The Morgan fingerprint density at radius 3 is 2.23 bits per heavy atom. The summed E-state index contributed by atoms with van der Waals surface area (Å²) in [5, 5.41) is 10.6.